The molecule has 0 aliphatic carbocycles. The van der Waals surface area contributed by atoms with Crippen molar-refractivity contribution in [2.24, 2.45) is 0 Å². The zero-order valence-corrected chi connectivity index (χ0v) is 15.8. The molecule has 3 heterocycles. The normalized spacial score (nSPS) is 19.4. The van der Waals surface area contributed by atoms with E-state index in [1.54, 1.807) is 23.6 Å². The Kier molecular flexibility index (Phi) is 5.02. The van der Waals surface area contributed by atoms with Crippen LogP contribution in [-0.4, -0.2) is 28.3 Å². The van der Waals surface area contributed by atoms with Crippen molar-refractivity contribution in [2.45, 2.75) is 32.0 Å². The Morgan fingerprint density at radius 2 is 2.15 bits per heavy atom. The number of thiophene rings is 1. The molecule has 0 radical (unpaired) electrons. The van der Waals surface area contributed by atoms with Crippen LogP contribution in [0.3, 0.4) is 0 Å². The third-order valence-corrected chi connectivity index (χ3v) is 5.82. The van der Waals surface area contributed by atoms with Gasteiger partial charge >= 0.3 is 0 Å². The second kappa shape index (κ2) is 7.59. The number of hydrogen-bond donors (Lipinski definition) is 3. The SMILES string of the molecule is Cc1ccc(C2CC(C(=O)NCCn3ncc4ccccc4c3=O)NN2)s1. The van der Waals surface area contributed by atoms with Crippen LogP contribution in [0.15, 0.2) is 47.4 Å². The lowest BCUT2D eigenvalue weighted by atomic mass is 10.1. The summed E-state index contributed by atoms with van der Waals surface area (Å²) in [5.41, 5.74) is 6.10. The van der Waals surface area contributed by atoms with Crippen LogP contribution in [0, 0.1) is 6.92 Å². The van der Waals surface area contributed by atoms with Gasteiger partial charge in [0.15, 0.2) is 0 Å². The monoisotopic (exact) mass is 383 g/mol. The van der Waals surface area contributed by atoms with Gasteiger partial charge in [-0.15, -0.1) is 11.3 Å². The minimum Gasteiger partial charge on any atom is -0.353 e. The molecule has 0 bridgehead atoms. The average Bonchev–Trinajstić information content (AvgIpc) is 3.33. The second-order valence-corrected chi connectivity index (χ2v) is 7.95. The summed E-state index contributed by atoms with van der Waals surface area (Å²) in [6, 6.07) is 11.4. The average molecular weight is 383 g/mol. The molecule has 2 aromatic heterocycles. The van der Waals surface area contributed by atoms with Crippen molar-refractivity contribution in [3.63, 3.8) is 0 Å². The van der Waals surface area contributed by atoms with Gasteiger partial charge in [0.25, 0.3) is 5.56 Å². The van der Waals surface area contributed by atoms with Crippen molar-refractivity contribution in [1.29, 1.82) is 0 Å². The van der Waals surface area contributed by atoms with Gasteiger partial charge in [0, 0.05) is 21.7 Å². The molecular weight excluding hydrogens is 362 g/mol. The fourth-order valence-corrected chi connectivity index (χ4v) is 4.19. The Balaban J connectivity index is 1.32. The first-order chi connectivity index (χ1) is 13.1. The van der Waals surface area contributed by atoms with E-state index in [2.05, 4.69) is 40.3 Å². The van der Waals surface area contributed by atoms with Crippen molar-refractivity contribution in [3.05, 3.63) is 62.7 Å². The maximum absolute atomic E-state index is 12.4. The number of aromatic nitrogens is 2. The topological polar surface area (TPSA) is 88.0 Å². The predicted molar refractivity (Wildman–Crippen MR) is 105 cm³/mol. The molecule has 1 amide bonds. The molecule has 1 aromatic carbocycles. The molecule has 1 saturated heterocycles. The minimum absolute atomic E-state index is 0.0767. The summed E-state index contributed by atoms with van der Waals surface area (Å²) in [6.45, 7) is 2.76. The Morgan fingerprint density at radius 1 is 1.30 bits per heavy atom. The van der Waals surface area contributed by atoms with E-state index in [9.17, 15) is 9.59 Å². The lowest BCUT2D eigenvalue weighted by Crippen LogP contribution is -2.44. The Hall–Kier alpha value is -2.55. The number of hydrogen-bond acceptors (Lipinski definition) is 6. The standard InChI is InChI=1S/C19H21N5O2S/c1-12-6-7-17(27-12)15-10-16(23-22-15)18(25)20-8-9-24-19(26)14-5-3-2-4-13(14)11-21-24/h2-7,11,15-16,22-23H,8-10H2,1H3,(H,20,25). The molecule has 1 fully saturated rings. The molecule has 0 spiro atoms. The van der Waals surface area contributed by atoms with Crippen LogP contribution in [0.5, 0.6) is 0 Å². The molecule has 1 aliphatic heterocycles. The van der Waals surface area contributed by atoms with Crippen LogP contribution in [0.25, 0.3) is 10.8 Å². The van der Waals surface area contributed by atoms with Crippen molar-refractivity contribution in [1.82, 2.24) is 25.9 Å². The molecule has 0 saturated carbocycles. The fourth-order valence-electron chi connectivity index (χ4n) is 3.25. The first kappa shape index (κ1) is 17.8. The number of aryl methyl sites for hydroxylation is 1. The van der Waals surface area contributed by atoms with Gasteiger partial charge in [0.1, 0.15) is 6.04 Å². The molecule has 2 unspecified atom stereocenters. The maximum atomic E-state index is 12.4. The number of fused-ring (bicyclic) bond motifs is 1. The molecule has 8 heteroatoms. The molecule has 7 nitrogen and oxygen atoms in total. The Morgan fingerprint density at radius 3 is 2.96 bits per heavy atom. The second-order valence-electron chi connectivity index (χ2n) is 6.63. The summed E-state index contributed by atoms with van der Waals surface area (Å²) in [4.78, 5) is 27.3. The van der Waals surface area contributed by atoms with E-state index in [1.165, 1.54) is 14.4 Å². The van der Waals surface area contributed by atoms with Crippen LogP contribution < -0.4 is 21.7 Å². The summed E-state index contributed by atoms with van der Waals surface area (Å²) < 4.78 is 1.39. The highest BCUT2D eigenvalue weighted by Crippen LogP contribution is 2.28. The zero-order chi connectivity index (χ0) is 18.8. The van der Waals surface area contributed by atoms with Crippen LogP contribution in [-0.2, 0) is 11.3 Å². The maximum Gasteiger partial charge on any atom is 0.274 e. The summed E-state index contributed by atoms with van der Waals surface area (Å²) in [6.07, 6.45) is 2.37. The highest BCUT2D eigenvalue weighted by molar-refractivity contribution is 7.12. The van der Waals surface area contributed by atoms with Gasteiger partial charge in [-0.3, -0.25) is 9.59 Å². The summed E-state index contributed by atoms with van der Waals surface area (Å²) in [5.74, 6) is -0.0767. The molecule has 2 atom stereocenters. The summed E-state index contributed by atoms with van der Waals surface area (Å²) >= 11 is 1.74. The van der Waals surface area contributed by atoms with Crippen molar-refractivity contribution < 1.29 is 4.79 Å². The third-order valence-electron chi connectivity index (χ3n) is 4.71. The quantitative estimate of drug-likeness (QED) is 0.621. The van der Waals surface area contributed by atoms with Gasteiger partial charge in [-0.05, 0) is 31.5 Å². The van der Waals surface area contributed by atoms with Gasteiger partial charge in [-0.2, -0.15) is 5.10 Å². The Labute approximate surface area is 160 Å². The van der Waals surface area contributed by atoms with Crippen molar-refractivity contribution in [2.75, 3.05) is 6.54 Å². The first-order valence-electron chi connectivity index (χ1n) is 8.92. The molecular formula is C19H21N5O2S. The van der Waals surface area contributed by atoms with Gasteiger partial charge in [0.05, 0.1) is 24.2 Å². The van der Waals surface area contributed by atoms with Gasteiger partial charge < -0.3 is 5.32 Å². The van der Waals surface area contributed by atoms with Crippen LogP contribution in [0.4, 0.5) is 0 Å². The predicted octanol–water partition coefficient (Wildman–Crippen LogP) is 1.49. The fraction of sp³-hybridized carbons (Fsp3) is 0.316. The van der Waals surface area contributed by atoms with E-state index in [0.29, 0.717) is 24.9 Å². The lowest BCUT2D eigenvalue weighted by Gasteiger charge is -2.11. The van der Waals surface area contributed by atoms with E-state index in [-0.39, 0.29) is 23.6 Å². The third kappa shape index (κ3) is 3.78. The summed E-state index contributed by atoms with van der Waals surface area (Å²) in [7, 11) is 0. The molecule has 140 valence electrons. The minimum atomic E-state index is -0.293. The highest BCUT2D eigenvalue weighted by Gasteiger charge is 2.30. The van der Waals surface area contributed by atoms with Crippen molar-refractivity contribution >= 4 is 28.0 Å². The number of carbonyl (C=O) groups is 1. The number of amides is 1. The van der Waals surface area contributed by atoms with Crippen LogP contribution in [0.2, 0.25) is 0 Å². The molecule has 4 rings (SSSR count). The van der Waals surface area contributed by atoms with E-state index in [1.807, 2.05) is 18.2 Å². The number of rotatable bonds is 5. The number of hydrazine groups is 1. The van der Waals surface area contributed by atoms with Crippen LogP contribution >= 0.6 is 11.3 Å². The van der Waals surface area contributed by atoms with Gasteiger partial charge in [-0.25, -0.2) is 15.5 Å². The number of carbonyl (C=O) groups excluding carboxylic acids is 1. The number of benzene rings is 1. The van der Waals surface area contributed by atoms with Crippen LogP contribution in [0.1, 0.15) is 22.2 Å². The highest BCUT2D eigenvalue weighted by atomic mass is 32.1. The number of nitrogens with zero attached hydrogens (tertiary/aromatic N) is 2. The first-order valence-corrected chi connectivity index (χ1v) is 9.73. The van der Waals surface area contributed by atoms with Crippen molar-refractivity contribution in [3.8, 4) is 0 Å². The van der Waals surface area contributed by atoms with E-state index < -0.39 is 0 Å². The Bertz CT molecular complexity index is 1030. The molecule has 1 aliphatic rings. The van der Waals surface area contributed by atoms with Gasteiger partial charge in [-0.1, -0.05) is 18.2 Å². The smallest absolute Gasteiger partial charge is 0.274 e. The summed E-state index contributed by atoms with van der Waals surface area (Å²) in [5, 5.41) is 8.52. The zero-order valence-electron chi connectivity index (χ0n) is 14.9. The largest absolute Gasteiger partial charge is 0.353 e. The lowest BCUT2D eigenvalue weighted by molar-refractivity contribution is -0.122. The van der Waals surface area contributed by atoms with E-state index >= 15 is 0 Å². The molecule has 27 heavy (non-hydrogen) atoms. The number of nitrogens with one attached hydrogen (secondary N) is 3. The molecule has 3 aromatic rings. The van der Waals surface area contributed by atoms with Gasteiger partial charge in [0.2, 0.25) is 5.91 Å². The van der Waals surface area contributed by atoms with E-state index in [0.717, 1.165) is 5.39 Å². The van der Waals surface area contributed by atoms with E-state index in [4.69, 9.17) is 0 Å². The molecule has 3 N–H and O–H groups in total.